The van der Waals surface area contributed by atoms with Crippen LogP contribution in [0.25, 0.3) is 0 Å². The lowest BCUT2D eigenvalue weighted by Crippen LogP contribution is -2.63. The van der Waals surface area contributed by atoms with Crippen LogP contribution >= 0.6 is 0 Å². The van der Waals surface area contributed by atoms with Gasteiger partial charge >= 0.3 is 6.36 Å². The molecule has 27 heavy (non-hydrogen) atoms. The first kappa shape index (κ1) is 19.2. The van der Waals surface area contributed by atoms with Gasteiger partial charge in [-0.1, -0.05) is 31.2 Å². The number of hydrogen-bond acceptors (Lipinski definition) is 4. The predicted octanol–water partition coefficient (Wildman–Crippen LogP) is 3.64. The van der Waals surface area contributed by atoms with Gasteiger partial charge in [0.1, 0.15) is 11.4 Å². The van der Waals surface area contributed by atoms with Gasteiger partial charge in [0.15, 0.2) is 0 Å². The molecule has 2 aromatic carbocycles. The predicted molar refractivity (Wildman–Crippen MR) is 92.9 cm³/mol. The van der Waals surface area contributed by atoms with Crippen molar-refractivity contribution in [3.63, 3.8) is 0 Å². The summed E-state index contributed by atoms with van der Waals surface area (Å²) in [5, 5.41) is 21.0. The average Bonchev–Trinajstić information content (AvgIpc) is 2.59. The van der Waals surface area contributed by atoms with Crippen LogP contribution in [0.5, 0.6) is 5.75 Å². The second-order valence-electron chi connectivity index (χ2n) is 7.21. The highest BCUT2D eigenvalue weighted by Crippen LogP contribution is 2.50. The maximum atomic E-state index is 12.4. The molecule has 3 rings (SSSR count). The molecule has 0 aromatic heterocycles. The van der Waals surface area contributed by atoms with E-state index in [2.05, 4.69) is 10.8 Å². The molecule has 0 amide bonds. The molecule has 4 nitrogen and oxygen atoms in total. The Hall–Kier alpha value is -2.56. The van der Waals surface area contributed by atoms with E-state index >= 15 is 0 Å². The molecule has 0 aliphatic carbocycles. The number of aliphatic hydroxyl groups is 1. The van der Waals surface area contributed by atoms with Crippen molar-refractivity contribution in [2.75, 3.05) is 20.1 Å². The minimum Gasteiger partial charge on any atom is -0.406 e. The fourth-order valence-corrected chi connectivity index (χ4v) is 3.95. The molecule has 1 aliphatic heterocycles. The zero-order valence-corrected chi connectivity index (χ0v) is 14.9. The molecule has 1 atom stereocenters. The van der Waals surface area contributed by atoms with E-state index in [1.807, 2.05) is 18.9 Å². The highest BCUT2D eigenvalue weighted by Gasteiger charge is 2.55. The summed E-state index contributed by atoms with van der Waals surface area (Å²) >= 11 is 0. The number of ether oxygens (including phenoxy) is 1. The fourth-order valence-electron chi connectivity index (χ4n) is 3.95. The molecule has 0 radical (unpaired) electrons. The maximum absolute atomic E-state index is 12.4. The smallest absolute Gasteiger partial charge is 0.406 e. The van der Waals surface area contributed by atoms with Crippen molar-refractivity contribution in [3.8, 4) is 11.8 Å². The SMILES string of the molecule is CN1CC(C)(C(O)(c2ccc(OC(F)(F)F)cc2)c2cccc(C#N)c2)C1. The van der Waals surface area contributed by atoms with Gasteiger partial charge in [-0.25, -0.2) is 0 Å². The Morgan fingerprint density at radius 3 is 2.26 bits per heavy atom. The van der Waals surface area contributed by atoms with Crippen LogP contribution in [0.3, 0.4) is 0 Å². The molecule has 1 fully saturated rings. The first-order chi connectivity index (χ1) is 12.6. The van der Waals surface area contributed by atoms with E-state index in [-0.39, 0.29) is 5.75 Å². The molecule has 0 spiro atoms. The van der Waals surface area contributed by atoms with Gasteiger partial charge in [0, 0.05) is 18.5 Å². The van der Waals surface area contributed by atoms with E-state index in [9.17, 15) is 23.5 Å². The number of rotatable bonds is 4. The third kappa shape index (κ3) is 3.51. The van der Waals surface area contributed by atoms with Gasteiger partial charge in [-0.15, -0.1) is 13.2 Å². The minimum atomic E-state index is -4.78. The molecular weight excluding hydrogens is 357 g/mol. The van der Waals surface area contributed by atoms with Crippen LogP contribution in [0.4, 0.5) is 13.2 Å². The summed E-state index contributed by atoms with van der Waals surface area (Å²) in [4.78, 5) is 2.04. The minimum absolute atomic E-state index is 0.352. The summed E-state index contributed by atoms with van der Waals surface area (Å²) in [6, 6.07) is 14.0. The molecule has 7 heteroatoms. The van der Waals surface area contributed by atoms with Crippen LogP contribution in [0, 0.1) is 16.7 Å². The molecule has 0 bridgehead atoms. The third-order valence-corrected chi connectivity index (χ3v) is 5.03. The molecule has 1 aliphatic rings. The van der Waals surface area contributed by atoms with Crippen LogP contribution in [-0.4, -0.2) is 36.5 Å². The van der Waals surface area contributed by atoms with Crippen molar-refractivity contribution in [2.24, 2.45) is 5.41 Å². The topological polar surface area (TPSA) is 56.5 Å². The Morgan fingerprint density at radius 1 is 1.11 bits per heavy atom. The molecule has 2 aromatic rings. The highest BCUT2D eigenvalue weighted by molar-refractivity contribution is 5.45. The van der Waals surface area contributed by atoms with E-state index in [1.165, 1.54) is 24.3 Å². The lowest BCUT2D eigenvalue weighted by molar-refractivity contribution is -0.274. The Kier molecular flexibility index (Phi) is 4.66. The molecule has 0 saturated carbocycles. The summed E-state index contributed by atoms with van der Waals surface area (Å²) in [7, 11) is 1.92. The van der Waals surface area contributed by atoms with Crippen LogP contribution in [0.1, 0.15) is 23.6 Å². The van der Waals surface area contributed by atoms with E-state index in [0.717, 1.165) is 0 Å². The van der Waals surface area contributed by atoms with Gasteiger partial charge in [-0.05, 0) is 42.4 Å². The van der Waals surface area contributed by atoms with E-state index in [0.29, 0.717) is 29.8 Å². The Labute approximate surface area is 155 Å². The number of nitriles is 1. The standard InChI is InChI=1S/C20H19F3N2O2/c1-18(12-25(2)13-18)19(26,16-5-3-4-14(10-16)11-24)15-6-8-17(9-7-15)27-20(21,22)23/h3-10,26H,12-13H2,1-2H3. The van der Waals surface area contributed by atoms with Crippen molar-refractivity contribution in [3.05, 3.63) is 65.2 Å². The summed E-state index contributed by atoms with van der Waals surface area (Å²) < 4.78 is 41.2. The summed E-state index contributed by atoms with van der Waals surface area (Å²) in [5.74, 6) is -0.352. The number of halogens is 3. The van der Waals surface area contributed by atoms with Crippen molar-refractivity contribution in [2.45, 2.75) is 18.9 Å². The van der Waals surface area contributed by atoms with Gasteiger partial charge in [-0.3, -0.25) is 0 Å². The quantitative estimate of drug-likeness (QED) is 0.885. The number of alkyl halides is 3. The second-order valence-corrected chi connectivity index (χ2v) is 7.21. The average molecular weight is 376 g/mol. The molecule has 142 valence electrons. The van der Waals surface area contributed by atoms with E-state index in [4.69, 9.17) is 0 Å². The first-order valence-electron chi connectivity index (χ1n) is 8.35. The summed E-state index contributed by atoms with van der Waals surface area (Å²) in [6.07, 6.45) is -4.78. The van der Waals surface area contributed by atoms with Crippen LogP contribution < -0.4 is 4.74 Å². The lowest BCUT2D eigenvalue weighted by Gasteiger charge is -2.56. The van der Waals surface area contributed by atoms with Crippen molar-refractivity contribution in [1.29, 1.82) is 5.26 Å². The maximum Gasteiger partial charge on any atom is 0.573 e. The van der Waals surface area contributed by atoms with Crippen molar-refractivity contribution >= 4 is 0 Å². The monoisotopic (exact) mass is 376 g/mol. The Morgan fingerprint density at radius 2 is 1.74 bits per heavy atom. The lowest BCUT2D eigenvalue weighted by atomic mass is 9.62. The zero-order valence-electron chi connectivity index (χ0n) is 14.9. The number of likely N-dealkylation sites (tertiary alicyclic amines) is 1. The largest absolute Gasteiger partial charge is 0.573 e. The number of hydrogen-bond donors (Lipinski definition) is 1. The van der Waals surface area contributed by atoms with Crippen LogP contribution in [0.2, 0.25) is 0 Å². The van der Waals surface area contributed by atoms with Crippen molar-refractivity contribution < 1.29 is 23.0 Å². The van der Waals surface area contributed by atoms with Gasteiger partial charge in [-0.2, -0.15) is 5.26 Å². The summed E-state index contributed by atoms with van der Waals surface area (Å²) in [5.41, 5.74) is -0.658. The molecular formula is C20H19F3N2O2. The van der Waals surface area contributed by atoms with Crippen LogP contribution in [0.15, 0.2) is 48.5 Å². The van der Waals surface area contributed by atoms with Gasteiger partial charge in [0.25, 0.3) is 0 Å². The number of nitrogens with zero attached hydrogens (tertiary/aromatic N) is 2. The molecule has 1 heterocycles. The summed E-state index contributed by atoms with van der Waals surface area (Å²) in [6.45, 7) is 3.12. The molecule has 1 unspecified atom stereocenters. The third-order valence-electron chi connectivity index (χ3n) is 5.03. The van der Waals surface area contributed by atoms with Crippen LogP contribution in [-0.2, 0) is 5.60 Å². The Bertz CT molecular complexity index is 868. The van der Waals surface area contributed by atoms with Gasteiger partial charge in [0.05, 0.1) is 11.6 Å². The Balaban J connectivity index is 2.07. The van der Waals surface area contributed by atoms with E-state index < -0.39 is 17.4 Å². The number of benzene rings is 2. The first-order valence-corrected chi connectivity index (χ1v) is 8.35. The normalized spacial score (nSPS) is 18.9. The zero-order chi connectivity index (χ0) is 19.9. The second kappa shape index (κ2) is 6.55. The highest BCUT2D eigenvalue weighted by atomic mass is 19.4. The van der Waals surface area contributed by atoms with Gasteiger partial charge in [0.2, 0.25) is 0 Å². The van der Waals surface area contributed by atoms with Gasteiger partial charge < -0.3 is 14.7 Å². The molecule has 1 N–H and O–H groups in total. The molecule has 1 saturated heterocycles. The van der Waals surface area contributed by atoms with E-state index in [1.54, 1.807) is 24.3 Å². The fraction of sp³-hybridized carbons (Fsp3) is 0.350. The van der Waals surface area contributed by atoms with Crippen molar-refractivity contribution in [1.82, 2.24) is 4.90 Å².